The minimum Gasteiger partial charge on any atom is -0.331 e. The number of hydrogen-bond acceptors (Lipinski definition) is 3. The van der Waals surface area contributed by atoms with Crippen LogP contribution in [0.1, 0.15) is 29.6 Å². The summed E-state index contributed by atoms with van der Waals surface area (Å²) in [4.78, 5) is 17.7. The number of carbonyl (C=O) groups is 1. The van der Waals surface area contributed by atoms with E-state index in [1.54, 1.807) is 11.8 Å². The fourth-order valence-electron chi connectivity index (χ4n) is 3.80. The first-order valence-electron chi connectivity index (χ1n) is 8.68. The van der Waals surface area contributed by atoms with E-state index in [-0.39, 0.29) is 5.91 Å². The van der Waals surface area contributed by atoms with Crippen molar-refractivity contribution in [1.82, 2.24) is 10.2 Å². The Morgan fingerprint density at radius 2 is 1.71 bits per heavy atom. The van der Waals surface area contributed by atoms with Crippen molar-refractivity contribution in [3.63, 3.8) is 0 Å². The lowest BCUT2D eigenvalue weighted by atomic mass is 10.1. The van der Waals surface area contributed by atoms with E-state index < -0.39 is 0 Å². The van der Waals surface area contributed by atoms with Gasteiger partial charge < -0.3 is 10.2 Å². The lowest BCUT2D eigenvalue weighted by molar-refractivity contribution is 0.0676. The van der Waals surface area contributed by atoms with Gasteiger partial charge in [-0.1, -0.05) is 42.1 Å². The van der Waals surface area contributed by atoms with Crippen molar-refractivity contribution in [1.29, 1.82) is 0 Å². The van der Waals surface area contributed by atoms with E-state index in [4.69, 9.17) is 0 Å². The molecule has 0 radical (unpaired) electrons. The Hall–Kier alpha value is -1.78. The molecule has 4 rings (SSSR count). The smallest absolute Gasteiger partial charge is 0.255 e. The van der Waals surface area contributed by atoms with E-state index in [2.05, 4.69) is 28.4 Å². The highest BCUT2D eigenvalue weighted by molar-refractivity contribution is 7.99. The Morgan fingerprint density at radius 1 is 0.958 bits per heavy atom. The monoisotopic (exact) mass is 338 g/mol. The van der Waals surface area contributed by atoms with Gasteiger partial charge in [0.15, 0.2) is 0 Å². The summed E-state index contributed by atoms with van der Waals surface area (Å²) in [6, 6.07) is 19.0. The van der Waals surface area contributed by atoms with Crippen LogP contribution in [0.15, 0.2) is 64.4 Å². The van der Waals surface area contributed by atoms with Gasteiger partial charge in [-0.3, -0.25) is 4.79 Å². The van der Waals surface area contributed by atoms with Crippen LogP contribution in [0.4, 0.5) is 0 Å². The molecule has 0 spiro atoms. The molecule has 0 saturated carbocycles. The van der Waals surface area contributed by atoms with E-state index in [9.17, 15) is 4.79 Å². The number of carbonyl (C=O) groups excluding carboxylic acids is 1. The van der Waals surface area contributed by atoms with Gasteiger partial charge in [-0.05, 0) is 50.1 Å². The fourth-order valence-corrected chi connectivity index (χ4v) is 4.76. The lowest BCUT2D eigenvalue weighted by Gasteiger charge is -2.28. The topological polar surface area (TPSA) is 32.3 Å². The molecule has 2 aliphatic rings. The van der Waals surface area contributed by atoms with E-state index in [0.717, 1.165) is 42.8 Å². The highest BCUT2D eigenvalue weighted by atomic mass is 32.2. The van der Waals surface area contributed by atoms with Crippen LogP contribution in [-0.4, -0.2) is 36.0 Å². The zero-order chi connectivity index (χ0) is 16.4. The SMILES string of the molecule is O=C(c1ccccc1Sc1ccccc1)N1C2CCNCC1CC2. The summed E-state index contributed by atoms with van der Waals surface area (Å²) >= 11 is 1.67. The van der Waals surface area contributed by atoms with Crippen LogP contribution in [0, 0.1) is 0 Å². The minimum atomic E-state index is 0.199. The van der Waals surface area contributed by atoms with Gasteiger partial charge in [0.2, 0.25) is 0 Å². The third-order valence-electron chi connectivity index (χ3n) is 4.98. The first-order valence-corrected chi connectivity index (χ1v) is 9.50. The predicted octanol–water partition coefficient (Wildman–Crippen LogP) is 3.80. The second-order valence-electron chi connectivity index (χ2n) is 6.50. The van der Waals surface area contributed by atoms with E-state index >= 15 is 0 Å². The van der Waals surface area contributed by atoms with Gasteiger partial charge in [-0.25, -0.2) is 0 Å². The number of rotatable bonds is 3. The molecule has 2 bridgehead atoms. The Bertz CT molecular complexity index is 705. The van der Waals surface area contributed by atoms with Crippen LogP contribution in [0.25, 0.3) is 0 Å². The zero-order valence-electron chi connectivity index (χ0n) is 13.7. The van der Waals surface area contributed by atoms with Crippen LogP contribution in [-0.2, 0) is 0 Å². The molecule has 2 aromatic carbocycles. The van der Waals surface area contributed by atoms with E-state index in [0.29, 0.717) is 12.1 Å². The average Bonchev–Trinajstić information content (AvgIpc) is 2.88. The summed E-state index contributed by atoms with van der Waals surface area (Å²) in [5.41, 5.74) is 0.838. The van der Waals surface area contributed by atoms with E-state index in [1.165, 1.54) is 4.90 Å². The number of amides is 1. The van der Waals surface area contributed by atoms with Crippen molar-refractivity contribution < 1.29 is 4.79 Å². The molecule has 2 heterocycles. The lowest BCUT2D eigenvalue weighted by Crippen LogP contribution is -2.42. The van der Waals surface area contributed by atoms with Gasteiger partial charge in [0.05, 0.1) is 5.56 Å². The molecular formula is C20H22N2OS. The molecule has 2 unspecified atom stereocenters. The van der Waals surface area contributed by atoms with Gasteiger partial charge in [-0.15, -0.1) is 0 Å². The number of nitrogens with one attached hydrogen (secondary N) is 1. The molecule has 124 valence electrons. The Kier molecular flexibility index (Phi) is 4.58. The van der Waals surface area contributed by atoms with Gasteiger partial charge in [0.1, 0.15) is 0 Å². The van der Waals surface area contributed by atoms with Gasteiger partial charge in [0, 0.05) is 28.4 Å². The van der Waals surface area contributed by atoms with Crippen LogP contribution >= 0.6 is 11.8 Å². The molecule has 0 aromatic heterocycles. The molecule has 2 aliphatic heterocycles. The second-order valence-corrected chi connectivity index (χ2v) is 7.62. The second kappa shape index (κ2) is 6.99. The van der Waals surface area contributed by atoms with Crippen molar-refractivity contribution in [2.24, 2.45) is 0 Å². The summed E-state index contributed by atoms with van der Waals surface area (Å²) in [6.07, 6.45) is 3.33. The third-order valence-corrected chi connectivity index (χ3v) is 6.06. The fraction of sp³-hybridized carbons (Fsp3) is 0.350. The molecule has 2 saturated heterocycles. The Morgan fingerprint density at radius 3 is 2.58 bits per heavy atom. The first kappa shape index (κ1) is 15.7. The maximum Gasteiger partial charge on any atom is 0.255 e. The van der Waals surface area contributed by atoms with Crippen molar-refractivity contribution in [2.45, 2.75) is 41.1 Å². The molecule has 4 heteroatoms. The maximum absolute atomic E-state index is 13.3. The highest BCUT2D eigenvalue weighted by Crippen LogP contribution is 2.34. The highest BCUT2D eigenvalue weighted by Gasteiger charge is 2.38. The molecule has 1 N–H and O–H groups in total. The van der Waals surface area contributed by atoms with Crippen molar-refractivity contribution in [2.75, 3.05) is 13.1 Å². The summed E-state index contributed by atoms with van der Waals surface area (Å²) < 4.78 is 0. The zero-order valence-corrected chi connectivity index (χ0v) is 14.5. The first-order chi connectivity index (χ1) is 11.8. The van der Waals surface area contributed by atoms with Crippen LogP contribution in [0.2, 0.25) is 0 Å². The van der Waals surface area contributed by atoms with Gasteiger partial charge in [0.25, 0.3) is 5.91 Å². The summed E-state index contributed by atoms with van der Waals surface area (Å²) in [7, 11) is 0. The van der Waals surface area contributed by atoms with Crippen LogP contribution in [0.3, 0.4) is 0 Å². The summed E-state index contributed by atoms with van der Waals surface area (Å²) in [6.45, 7) is 1.95. The van der Waals surface area contributed by atoms with Gasteiger partial charge >= 0.3 is 0 Å². The normalized spacial score (nSPS) is 23.1. The largest absolute Gasteiger partial charge is 0.331 e. The standard InChI is InChI=1S/C20H22N2OS/c23-20(22-15-10-11-16(22)14-21-13-12-15)18-8-4-5-9-19(18)24-17-6-2-1-3-7-17/h1-9,15-16,21H,10-14H2. The number of hydrogen-bond donors (Lipinski definition) is 1. The molecule has 0 aliphatic carbocycles. The molecule has 2 fully saturated rings. The molecule has 2 aromatic rings. The number of benzene rings is 2. The molecule has 2 atom stereocenters. The van der Waals surface area contributed by atoms with Crippen LogP contribution in [0.5, 0.6) is 0 Å². The van der Waals surface area contributed by atoms with Crippen molar-refractivity contribution in [3.8, 4) is 0 Å². The minimum absolute atomic E-state index is 0.199. The number of fused-ring (bicyclic) bond motifs is 2. The molecule has 24 heavy (non-hydrogen) atoms. The average molecular weight is 338 g/mol. The van der Waals surface area contributed by atoms with E-state index in [1.807, 2.05) is 36.4 Å². The molecule has 1 amide bonds. The Labute approximate surface area is 147 Å². The Balaban J connectivity index is 1.63. The molecule has 3 nitrogen and oxygen atoms in total. The van der Waals surface area contributed by atoms with Crippen molar-refractivity contribution >= 4 is 17.7 Å². The summed E-state index contributed by atoms with van der Waals surface area (Å²) in [5.74, 6) is 0.199. The summed E-state index contributed by atoms with van der Waals surface area (Å²) in [5, 5.41) is 3.47. The van der Waals surface area contributed by atoms with Crippen LogP contribution < -0.4 is 5.32 Å². The van der Waals surface area contributed by atoms with Gasteiger partial charge in [-0.2, -0.15) is 0 Å². The number of nitrogens with zero attached hydrogens (tertiary/aromatic N) is 1. The van der Waals surface area contributed by atoms with Crippen molar-refractivity contribution in [3.05, 3.63) is 60.2 Å². The third kappa shape index (κ3) is 3.08. The predicted molar refractivity (Wildman–Crippen MR) is 97.5 cm³/mol. The maximum atomic E-state index is 13.3. The molecular weight excluding hydrogens is 316 g/mol. The quantitative estimate of drug-likeness (QED) is 0.924.